The van der Waals surface area contributed by atoms with Crippen LogP contribution in [0.4, 0.5) is 17.1 Å². The van der Waals surface area contributed by atoms with E-state index in [4.69, 9.17) is 9.47 Å². The highest BCUT2D eigenvalue weighted by molar-refractivity contribution is 5.81. The molecule has 0 bridgehead atoms. The van der Waals surface area contributed by atoms with Crippen LogP contribution >= 0.6 is 0 Å². The highest BCUT2D eigenvalue weighted by Gasteiger charge is 2.13. The molecule has 0 heterocycles. The monoisotopic (exact) mass is 533 g/mol. The molecule has 4 rings (SSSR count). The molecule has 0 unspecified atom stereocenters. The first-order chi connectivity index (χ1) is 19.5. The molecule has 0 aromatic heterocycles. The summed E-state index contributed by atoms with van der Waals surface area (Å²) >= 11 is 0. The molecular weight excluding hydrogens is 502 g/mol. The molecule has 0 aliphatic carbocycles. The Labute approximate surface area is 234 Å². The van der Waals surface area contributed by atoms with Crippen molar-refractivity contribution in [1.29, 1.82) is 0 Å². The number of carbonyl (C=O) groups excluding carboxylic acids is 2. The molecule has 0 atom stereocenters. The van der Waals surface area contributed by atoms with Gasteiger partial charge in [-0.05, 0) is 70.8 Å². The Morgan fingerprint density at radius 3 is 1.32 bits per heavy atom. The lowest BCUT2D eigenvalue weighted by atomic mass is 10.0. The van der Waals surface area contributed by atoms with Gasteiger partial charge in [0, 0.05) is 42.1 Å². The van der Waals surface area contributed by atoms with E-state index in [0.717, 1.165) is 51.5 Å². The number of phenolic OH excluding ortho intramolecular Hbond substituents is 1. The number of carbonyl (C=O) groups is 2. The van der Waals surface area contributed by atoms with Crippen molar-refractivity contribution in [2.75, 3.05) is 18.1 Å². The molecule has 0 aliphatic rings. The van der Waals surface area contributed by atoms with Crippen LogP contribution in [0.2, 0.25) is 0 Å². The minimum Gasteiger partial charge on any atom is -0.508 e. The fraction of sp³-hybridized carbons (Fsp3) is 0.118. The van der Waals surface area contributed by atoms with Crippen molar-refractivity contribution in [2.24, 2.45) is 0 Å². The Kier molecular flexibility index (Phi) is 9.51. The average molecular weight is 534 g/mol. The van der Waals surface area contributed by atoms with E-state index in [1.165, 1.54) is 0 Å². The van der Waals surface area contributed by atoms with Gasteiger partial charge in [0.1, 0.15) is 5.75 Å². The van der Waals surface area contributed by atoms with Gasteiger partial charge in [0.15, 0.2) is 0 Å². The van der Waals surface area contributed by atoms with Crippen LogP contribution in [0.3, 0.4) is 0 Å². The third-order valence-corrected chi connectivity index (χ3v) is 6.32. The number of aromatic hydroxyl groups is 1. The molecule has 0 radical (unpaired) electrons. The predicted molar refractivity (Wildman–Crippen MR) is 158 cm³/mol. The molecule has 0 amide bonds. The van der Waals surface area contributed by atoms with Gasteiger partial charge >= 0.3 is 11.9 Å². The van der Waals surface area contributed by atoms with Crippen molar-refractivity contribution in [2.45, 2.75) is 12.8 Å². The van der Waals surface area contributed by atoms with E-state index < -0.39 is 11.9 Å². The number of hydrogen-bond acceptors (Lipinski definition) is 6. The smallest absolute Gasteiger partial charge is 0.330 e. The Bertz CT molecular complexity index is 1370. The zero-order chi connectivity index (χ0) is 28.3. The van der Waals surface area contributed by atoms with Gasteiger partial charge in [-0.15, -0.1) is 0 Å². The summed E-state index contributed by atoms with van der Waals surface area (Å²) in [6.07, 6.45) is 3.53. The van der Waals surface area contributed by atoms with Crippen LogP contribution in [0, 0.1) is 0 Å². The minimum absolute atomic E-state index is 0.233. The summed E-state index contributed by atoms with van der Waals surface area (Å²) in [5.74, 6) is -0.627. The second-order valence-corrected chi connectivity index (χ2v) is 9.01. The molecule has 0 spiro atoms. The number of ether oxygens (including phenoxy) is 2. The molecule has 0 aliphatic heterocycles. The summed E-state index contributed by atoms with van der Waals surface area (Å²) in [5, 5.41) is 9.62. The Hall–Kier alpha value is -5.10. The number of anilines is 3. The average Bonchev–Trinajstić information content (AvgIpc) is 2.99. The fourth-order valence-electron chi connectivity index (χ4n) is 4.18. The van der Waals surface area contributed by atoms with E-state index in [2.05, 4.69) is 42.3 Å². The number of esters is 2. The summed E-state index contributed by atoms with van der Waals surface area (Å²) in [4.78, 5) is 24.8. The molecule has 0 saturated heterocycles. The van der Waals surface area contributed by atoms with E-state index in [-0.39, 0.29) is 19.0 Å². The van der Waals surface area contributed by atoms with Crippen LogP contribution in [0.5, 0.6) is 5.75 Å². The van der Waals surface area contributed by atoms with Crippen LogP contribution in [0.1, 0.15) is 11.1 Å². The lowest BCUT2D eigenvalue weighted by Crippen LogP contribution is -2.10. The maximum Gasteiger partial charge on any atom is 0.330 e. The number of benzene rings is 4. The third-order valence-electron chi connectivity index (χ3n) is 6.32. The van der Waals surface area contributed by atoms with E-state index in [9.17, 15) is 14.7 Å². The van der Waals surface area contributed by atoms with E-state index in [0.29, 0.717) is 12.8 Å². The van der Waals surface area contributed by atoms with Gasteiger partial charge in [-0.3, -0.25) is 0 Å². The highest BCUT2D eigenvalue weighted by Crippen LogP contribution is 2.36. The van der Waals surface area contributed by atoms with Crippen LogP contribution in [0.15, 0.2) is 122 Å². The van der Waals surface area contributed by atoms with Crippen LogP contribution < -0.4 is 4.90 Å². The van der Waals surface area contributed by atoms with Gasteiger partial charge in [-0.1, -0.05) is 61.7 Å². The van der Waals surface area contributed by atoms with Crippen molar-refractivity contribution in [3.63, 3.8) is 0 Å². The van der Waals surface area contributed by atoms with E-state index in [1.807, 2.05) is 60.7 Å². The summed E-state index contributed by atoms with van der Waals surface area (Å²) in [5.41, 5.74) is 7.06. The Morgan fingerprint density at radius 1 is 0.600 bits per heavy atom. The second kappa shape index (κ2) is 13.6. The molecule has 40 heavy (non-hydrogen) atoms. The Morgan fingerprint density at radius 2 is 0.950 bits per heavy atom. The van der Waals surface area contributed by atoms with Gasteiger partial charge in [-0.25, -0.2) is 9.59 Å². The van der Waals surface area contributed by atoms with Gasteiger partial charge in [0.25, 0.3) is 0 Å². The van der Waals surface area contributed by atoms with Gasteiger partial charge < -0.3 is 19.5 Å². The molecule has 6 nitrogen and oxygen atoms in total. The van der Waals surface area contributed by atoms with Crippen molar-refractivity contribution in [1.82, 2.24) is 0 Å². The predicted octanol–water partition coefficient (Wildman–Crippen LogP) is 7.07. The molecule has 4 aromatic carbocycles. The molecule has 1 N–H and O–H groups in total. The van der Waals surface area contributed by atoms with Crippen LogP contribution in [0.25, 0.3) is 11.1 Å². The summed E-state index contributed by atoms with van der Waals surface area (Å²) in [7, 11) is 0. The first-order valence-corrected chi connectivity index (χ1v) is 12.9. The molecule has 4 aromatic rings. The maximum atomic E-state index is 11.3. The third kappa shape index (κ3) is 7.48. The van der Waals surface area contributed by atoms with E-state index >= 15 is 0 Å². The normalized spacial score (nSPS) is 10.4. The Balaban J connectivity index is 1.58. The fourth-order valence-corrected chi connectivity index (χ4v) is 4.18. The van der Waals surface area contributed by atoms with Crippen molar-refractivity contribution < 1.29 is 24.2 Å². The SMILES string of the molecule is C=CC(=O)OCCc1ccc(N(c2ccc(CCOC(=O)C=C)cc2)c2ccc(-c3ccc(O)cc3)cc2)cc1. The summed E-state index contributed by atoms with van der Waals surface area (Å²) in [6.45, 7) is 7.41. The minimum atomic E-state index is -0.430. The maximum absolute atomic E-state index is 11.3. The largest absolute Gasteiger partial charge is 0.508 e. The van der Waals surface area contributed by atoms with Gasteiger partial charge in [0.2, 0.25) is 0 Å². The van der Waals surface area contributed by atoms with Gasteiger partial charge in [-0.2, -0.15) is 0 Å². The molecular formula is C34H31NO5. The summed E-state index contributed by atoms with van der Waals surface area (Å²) < 4.78 is 10.2. The number of phenols is 1. The van der Waals surface area contributed by atoms with Crippen molar-refractivity contribution in [3.8, 4) is 16.9 Å². The van der Waals surface area contributed by atoms with E-state index in [1.54, 1.807) is 12.1 Å². The highest BCUT2D eigenvalue weighted by atomic mass is 16.5. The number of rotatable bonds is 12. The number of hydrogen-bond donors (Lipinski definition) is 1. The first kappa shape index (κ1) is 27.9. The first-order valence-electron chi connectivity index (χ1n) is 12.9. The molecule has 0 fully saturated rings. The second-order valence-electron chi connectivity index (χ2n) is 9.01. The topological polar surface area (TPSA) is 76.1 Å². The lowest BCUT2D eigenvalue weighted by Gasteiger charge is -2.26. The molecule has 202 valence electrons. The quantitative estimate of drug-likeness (QED) is 0.155. The zero-order valence-corrected chi connectivity index (χ0v) is 22.2. The van der Waals surface area contributed by atoms with Crippen molar-refractivity contribution in [3.05, 3.63) is 133 Å². The molecule has 6 heteroatoms. The summed E-state index contributed by atoms with van der Waals surface area (Å²) in [6, 6.07) is 31.6. The zero-order valence-electron chi connectivity index (χ0n) is 22.2. The van der Waals surface area contributed by atoms with Crippen LogP contribution in [-0.4, -0.2) is 30.3 Å². The number of nitrogens with zero attached hydrogens (tertiary/aromatic N) is 1. The lowest BCUT2D eigenvalue weighted by molar-refractivity contribution is -0.138. The van der Waals surface area contributed by atoms with Gasteiger partial charge in [0.05, 0.1) is 13.2 Å². The standard InChI is InChI=1S/C34H31NO5/c1-3-33(37)39-23-21-25-5-13-29(14-6-25)35(30-15-7-26(8-16-30)22-24-40-34(38)4-2)31-17-9-27(10-18-31)28-11-19-32(36)20-12-28/h3-20,36H,1-2,21-24H2. The molecule has 0 saturated carbocycles. The van der Waals surface area contributed by atoms with Crippen molar-refractivity contribution >= 4 is 29.0 Å². The van der Waals surface area contributed by atoms with Crippen LogP contribution in [-0.2, 0) is 31.9 Å².